The van der Waals surface area contributed by atoms with Crippen molar-refractivity contribution in [2.24, 2.45) is 11.3 Å². The fraction of sp³-hybridized carbons (Fsp3) is 0.640. The van der Waals surface area contributed by atoms with Gasteiger partial charge in [0.2, 0.25) is 5.91 Å². The topological polar surface area (TPSA) is 78.4 Å². The Balaban J connectivity index is 1.21. The van der Waals surface area contributed by atoms with Crippen molar-refractivity contribution < 1.29 is 9.59 Å². The van der Waals surface area contributed by atoms with Crippen LogP contribution in [0.4, 0.5) is 0 Å². The summed E-state index contributed by atoms with van der Waals surface area (Å²) in [6, 6.07) is 5.63. The van der Waals surface area contributed by atoms with Crippen molar-refractivity contribution in [3.05, 3.63) is 34.2 Å². The smallest absolute Gasteiger partial charge is 0.326 e. The minimum atomic E-state index is -0.119. The van der Waals surface area contributed by atoms with E-state index < -0.39 is 0 Å². The lowest BCUT2D eigenvalue weighted by Gasteiger charge is -2.36. The highest BCUT2D eigenvalue weighted by Gasteiger charge is 2.45. The summed E-state index contributed by atoms with van der Waals surface area (Å²) in [6.07, 6.45) is 6.74. The van der Waals surface area contributed by atoms with Gasteiger partial charge in [-0.2, -0.15) is 0 Å². The van der Waals surface area contributed by atoms with Crippen LogP contribution in [0.1, 0.15) is 68.8 Å². The predicted molar refractivity (Wildman–Crippen MR) is 124 cm³/mol. The molecule has 1 aliphatic carbocycles. The van der Waals surface area contributed by atoms with Crippen LogP contribution >= 0.6 is 0 Å². The minimum absolute atomic E-state index is 0.0759. The molecule has 2 aromatic rings. The second-order valence-electron chi connectivity index (χ2n) is 10.4. The fourth-order valence-electron chi connectivity index (χ4n) is 5.51. The minimum Gasteiger partial charge on any atom is -0.342 e. The number of H-pyrrole nitrogens is 1. The van der Waals surface area contributed by atoms with Gasteiger partial charge in [-0.3, -0.25) is 19.1 Å². The number of amides is 1. The van der Waals surface area contributed by atoms with Crippen LogP contribution < -0.4 is 5.69 Å². The van der Waals surface area contributed by atoms with E-state index in [2.05, 4.69) is 14.8 Å². The summed E-state index contributed by atoms with van der Waals surface area (Å²) >= 11 is 0. The Kier molecular flexibility index (Phi) is 5.48. The summed E-state index contributed by atoms with van der Waals surface area (Å²) in [5, 5.41) is 0. The SMILES string of the molecule is CC(C)C(=O)c1ccc2c(c1)[nH]c(=O)n2C1CCN(CC(=O)N2CCC3(CC2)CC3)CC1. The van der Waals surface area contributed by atoms with E-state index in [4.69, 9.17) is 0 Å². The highest BCUT2D eigenvalue weighted by atomic mass is 16.2. The Hall–Kier alpha value is -2.41. The quantitative estimate of drug-likeness (QED) is 0.727. The molecule has 172 valence electrons. The Morgan fingerprint density at radius 1 is 1.06 bits per heavy atom. The third-order valence-electron chi connectivity index (χ3n) is 7.94. The Morgan fingerprint density at radius 2 is 1.75 bits per heavy atom. The molecule has 1 N–H and O–H groups in total. The summed E-state index contributed by atoms with van der Waals surface area (Å²) in [5.74, 6) is 0.262. The van der Waals surface area contributed by atoms with Crippen LogP contribution in [0.2, 0.25) is 0 Å². The van der Waals surface area contributed by atoms with Crippen molar-refractivity contribution in [3.63, 3.8) is 0 Å². The summed E-state index contributed by atoms with van der Waals surface area (Å²) in [6.45, 7) is 7.72. The number of hydrogen-bond donors (Lipinski definition) is 1. The molecule has 1 aromatic carbocycles. The van der Waals surface area contributed by atoms with Crippen molar-refractivity contribution >= 4 is 22.7 Å². The number of aromatic nitrogens is 2. The molecule has 7 heteroatoms. The number of piperidine rings is 2. The molecule has 7 nitrogen and oxygen atoms in total. The van der Waals surface area contributed by atoms with Gasteiger partial charge in [-0.05, 0) is 62.1 Å². The molecule has 3 fully saturated rings. The molecule has 1 spiro atoms. The maximum atomic E-state index is 12.8. The van der Waals surface area contributed by atoms with Gasteiger partial charge in [-0.1, -0.05) is 13.8 Å². The van der Waals surface area contributed by atoms with Crippen LogP contribution in [0.3, 0.4) is 0 Å². The van der Waals surface area contributed by atoms with Gasteiger partial charge >= 0.3 is 5.69 Å². The number of nitrogens with zero attached hydrogens (tertiary/aromatic N) is 3. The van der Waals surface area contributed by atoms with E-state index in [0.717, 1.165) is 50.1 Å². The van der Waals surface area contributed by atoms with Gasteiger partial charge in [0.05, 0.1) is 17.6 Å². The molecule has 32 heavy (non-hydrogen) atoms. The first kappa shape index (κ1) is 21.4. The molecule has 0 atom stereocenters. The standard InChI is InChI=1S/C25H34N4O3/c1-17(2)23(31)18-3-4-21-20(15-18)26-24(32)29(21)19-5-11-27(12-6-19)16-22(30)28-13-9-25(7-8-25)10-14-28/h3-4,15,17,19H,5-14,16H2,1-2H3,(H,26,32). The summed E-state index contributed by atoms with van der Waals surface area (Å²) in [5.41, 5.74) is 2.68. The van der Waals surface area contributed by atoms with Crippen molar-refractivity contribution in [2.45, 2.75) is 58.4 Å². The molecule has 0 bridgehead atoms. The van der Waals surface area contributed by atoms with Gasteiger partial charge in [0.25, 0.3) is 0 Å². The van der Waals surface area contributed by atoms with Crippen LogP contribution in [-0.2, 0) is 4.79 Å². The Bertz CT molecular complexity index is 1080. The molecular formula is C25H34N4O3. The molecular weight excluding hydrogens is 404 g/mol. The highest BCUT2D eigenvalue weighted by Crippen LogP contribution is 2.53. The molecule has 2 saturated heterocycles. The molecule has 0 unspecified atom stereocenters. The van der Waals surface area contributed by atoms with Crippen molar-refractivity contribution in [3.8, 4) is 0 Å². The van der Waals surface area contributed by atoms with E-state index in [1.807, 2.05) is 30.5 Å². The van der Waals surface area contributed by atoms with Crippen LogP contribution in [0.15, 0.2) is 23.0 Å². The Morgan fingerprint density at radius 3 is 2.38 bits per heavy atom. The molecule has 3 aliphatic rings. The third kappa shape index (κ3) is 4.03. The maximum absolute atomic E-state index is 12.8. The zero-order chi connectivity index (χ0) is 22.5. The van der Waals surface area contributed by atoms with Gasteiger partial charge < -0.3 is 9.88 Å². The number of aromatic amines is 1. The zero-order valence-electron chi connectivity index (χ0n) is 19.2. The lowest BCUT2D eigenvalue weighted by atomic mass is 9.93. The van der Waals surface area contributed by atoms with E-state index in [9.17, 15) is 14.4 Å². The van der Waals surface area contributed by atoms with Crippen molar-refractivity contribution in [1.29, 1.82) is 0 Å². The van der Waals surface area contributed by atoms with Gasteiger partial charge in [-0.25, -0.2) is 4.79 Å². The van der Waals surface area contributed by atoms with Crippen LogP contribution in [0, 0.1) is 11.3 Å². The summed E-state index contributed by atoms with van der Waals surface area (Å²) in [7, 11) is 0. The van der Waals surface area contributed by atoms with E-state index in [1.165, 1.54) is 25.7 Å². The molecule has 3 heterocycles. The van der Waals surface area contributed by atoms with Crippen LogP contribution in [0.5, 0.6) is 0 Å². The predicted octanol–water partition coefficient (Wildman–Crippen LogP) is 3.21. The molecule has 2 aliphatic heterocycles. The number of Topliss-reactive ketones (excluding diaryl/α,β-unsaturated/α-hetero) is 1. The number of nitrogens with one attached hydrogen (secondary N) is 1. The van der Waals surface area contributed by atoms with Gasteiger partial charge in [0.15, 0.2) is 5.78 Å². The monoisotopic (exact) mass is 438 g/mol. The van der Waals surface area contributed by atoms with E-state index >= 15 is 0 Å². The number of rotatable bonds is 5. The normalized spacial score (nSPS) is 21.5. The number of carbonyl (C=O) groups excluding carboxylic acids is 2. The molecule has 5 rings (SSSR count). The first-order valence-corrected chi connectivity index (χ1v) is 12.1. The Labute approximate surface area is 188 Å². The number of fused-ring (bicyclic) bond motifs is 1. The van der Waals surface area contributed by atoms with Crippen LogP contribution in [0.25, 0.3) is 11.0 Å². The third-order valence-corrected chi connectivity index (χ3v) is 7.94. The van der Waals surface area contributed by atoms with Gasteiger partial charge in [0.1, 0.15) is 0 Å². The maximum Gasteiger partial charge on any atom is 0.326 e. The lowest BCUT2D eigenvalue weighted by molar-refractivity contribution is -0.134. The molecule has 1 amide bonds. The zero-order valence-corrected chi connectivity index (χ0v) is 19.2. The summed E-state index contributed by atoms with van der Waals surface area (Å²) in [4.78, 5) is 45.0. The van der Waals surface area contributed by atoms with Gasteiger partial charge in [0, 0.05) is 43.7 Å². The van der Waals surface area contributed by atoms with Crippen molar-refractivity contribution in [2.75, 3.05) is 32.7 Å². The van der Waals surface area contributed by atoms with Crippen molar-refractivity contribution in [1.82, 2.24) is 19.4 Å². The molecule has 1 saturated carbocycles. The number of ketones is 1. The summed E-state index contributed by atoms with van der Waals surface area (Å²) < 4.78 is 1.85. The van der Waals surface area contributed by atoms with E-state index in [0.29, 0.717) is 17.5 Å². The van der Waals surface area contributed by atoms with E-state index in [-0.39, 0.29) is 29.3 Å². The average molecular weight is 439 g/mol. The second-order valence-corrected chi connectivity index (χ2v) is 10.4. The number of benzene rings is 1. The largest absolute Gasteiger partial charge is 0.342 e. The molecule has 0 radical (unpaired) electrons. The fourth-order valence-corrected chi connectivity index (χ4v) is 5.51. The number of imidazole rings is 1. The highest BCUT2D eigenvalue weighted by molar-refractivity contribution is 6.00. The number of likely N-dealkylation sites (tertiary alicyclic amines) is 2. The van der Waals surface area contributed by atoms with E-state index in [1.54, 1.807) is 6.07 Å². The van der Waals surface area contributed by atoms with Gasteiger partial charge in [-0.15, -0.1) is 0 Å². The lowest BCUT2D eigenvalue weighted by Crippen LogP contribution is -2.46. The number of carbonyl (C=O) groups is 2. The first-order valence-electron chi connectivity index (χ1n) is 12.1. The second kappa shape index (κ2) is 8.18. The molecule has 1 aromatic heterocycles. The first-order chi connectivity index (χ1) is 15.3. The van der Waals surface area contributed by atoms with Crippen LogP contribution in [-0.4, -0.2) is 63.8 Å². The average Bonchev–Trinajstić information content (AvgIpc) is 3.45. The number of hydrogen-bond acceptors (Lipinski definition) is 4.